The Hall–Kier alpha value is -1.43. The van der Waals surface area contributed by atoms with Gasteiger partial charge in [0, 0.05) is 30.2 Å². The number of carbonyl (C=O) groups excluding carboxylic acids is 1. The summed E-state index contributed by atoms with van der Waals surface area (Å²) in [5.41, 5.74) is 0.960. The van der Waals surface area contributed by atoms with Gasteiger partial charge in [0.25, 0.3) is 0 Å². The first kappa shape index (κ1) is 18.0. The molecule has 2 aliphatic rings. The maximum Gasteiger partial charge on any atom is 0.227 e. The van der Waals surface area contributed by atoms with Crippen LogP contribution in [0.1, 0.15) is 36.6 Å². The summed E-state index contributed by atoms with van der Waals surface area (Å²) >= 11 is 7.96. The summed E-state index contributed by atoms with van der Waals surface area (Å²) in [7, 11) is 1.93. The number of nitrogens with zero attached hydrogens (tertiary/aromatic N) is 3. The van der Waals surface area contributed by atoms with Crippen molar-refractivity contribution in [1.82, 2.24) is 14.8 Å². The van der Waals surface area contributed by atoms with E-state index in [-0.39, 0.29) is 17.9 Å². The maximum atomic E-state index is 12.8. The van der Waals surface area contributed by atoms with Crippen LogP contribution in [-0.2, 0) is 4.79 Å². The summed E-state index contributed by atoms with van der Waals surface area (Å²) in [6, 6.07) is 7.91. The van der Waals surface area contributed by atoms with Gasteiger partial charge in [-0.3, -0.25) is 4.79 Å². The molecular weight excluding hydrogens is 366 g/mol. The topological polar surface area (TPSA) is 36.4 Å². The zero-order chi connectivity index (χ0) is 18.1. The minimum absolute atomic E-state index is 0.106. The molecule has 0 N–H and O–H groups in total. The minimum Gasteiger partial charge on any atom is -0.338 e. The number of amides is 1. The van der Waals surface area contributed by atoms with Gasteiger partial charge in [0.15, 0.2) is 0 Å². The normalized spacial score (nSPS) is 24.4. The zero-order valence-corrected chi connectivity index (χ0v) is 16.6. The third kappa shape index (κ3) is 3.53. The van der Waals surface area contributed by atoms with E-state index in [4.69, 9.17) is 11.6 Å². The molecule has 0 radical (unpaired) electrons. The minimum atomic E-state index is 0.106. The molecule has 6 heteroatoms. The largest absolute Gasteiger partial charge is 0.338 e. The summed E-state index contributed by atoms with van der Waals surface area (Å²) in [5.74, 6) is 0.377. The monoisotopic (exact) mass is 389 g/mol. The number of hydrogen-bond donors (Lipinski definition) is 0. The van der Waals surface area contributed by atoms with Crippen molar-refractivity contribution in [2.45, 2.75) is 31.7 Å². The predicted molar refractivity (Wildman–Crippen MR) is 106 cm³/mol. The van der Waals surface area contributed by atoms with Crippen molar-refractivity contribution in [3.63, 3.8) is 0 Å². The lowest BCUT2D eigenvalue weighted by Gasteiger charge is -2.28. The Balaban J connectivity index is 1.49. The Labute approximate surface area is 163 Å². The van der Waals surface area contributed by atoms with Gasteiger partial charge in [-0.15, -0.1) is 11.3 Å². The number of hydrogen-bond acceptors (Lipinski definition) is 4. The van der Waals surface area contributed by atoms with Gasteiger partial charge in [0.1, 0.15) is 5.01 Å². The molecule has 26 heavy (non-hydrogen) atoms. The van der Waals surface area contributed by atoms with E-state index in [2.05, 4.69) is 9.88 Å². The highest BCUT2D eigenvalue weighted by Gasteiger charge is 2.39. The molecule has 0 aliphatic carbocycles. The van der Waals surface area contributed by atoms with E-state index in [9.17, 15) is 4.79 Å². The first-order chi connectivity index (χ1) is 12.6. The van der Waals surface area contributed by atoms with Gasteiger partial charge in [-0.2, -0.15) is 0 Å². The fraction of sp³-hybridized carbons (Fsp3) is 0.500. The summed E-state index contributed by atoms with van der Waals surface area (Å²) in [4.78, 5) is 22.9. The smallest absolute Gasteiger partial charge is 0.227 e. The van der Waals surface area contributed by atoms with Crippen LogP contribution < -0.4 is 0 Å². The lowest BCUT2D eigenvalue weighted by molar-refractivity contribution is -0.131. The van der Waals surface area contributed by atoms with Crippen LogP contribution in [0.25, 0.3) is 10.6 Å². The molecule has 4 nitrogen and oxygen atoms in total. The molecule has 4 rings (SSSR count). The van der Waals surface area contributed by atoms with Crippen molar-refractivity contribution in [2.24, 2.45) is 5.92 Å². The van der Waals surface area contributed by atoms with Crippen molar-refractivity contribution >= 4 is 28.8 Å². The number of piperidine rings is 1. The van der Waals surface area contributed by atoms with Crippen molar-refractivity contribution in [1.29, 1.82) is 0 Å². The molecular formula is C20H24ClN3OS. The van der Waals surface area contributed by atoms with Gasteiger partial charge < -0.3 is 9.80 Å². The second-order valence-corrected chi connectivity index (χ2v) is 8.78. The summed E-state index contributed by atoms with van der Waals surface area (Å²) in [5, 5.41) is 1.64. The third-order valence-corrected chi connectivity index (χ3v) is 7.02. The van der Waals surface area contributed by atoms with Crippen LogP contribution in [0.5, 0.6) is 0 Å². The van der Waals surface area contributed by atoms with Crippen molar-refractivity contribution in [3.8, 4) is 10.6 Å². The second-order valence-electron chi connectivity index (χ2n) is 7.31. The molecule has 2 aliphatic heterocycles. The molecule has 2 fully saturated rings. The lowest BCUT2D eigenvalue weighted by Crippen LogP contribution is -2.36. The van der Waals surface area contributed by atoms with E-state index in [1.807, 2.05) is 42.4 Å². The van der Waals surface area contributed by atoms with E-state index >= 15 is 0 Å². The zero-order valence-electron chi connectivity index (χ0n) is 15.0. The van der Waals surface area contributed by atoms with E-state index in [1.165, 1.54) is 19.3 Å². The number of carbonyl (C=O) groups is 1. The molecule has 3 heterocycles. The van der Waals surface area contributed by atoms with Crippen LogP contribution in [-0.4, -0.2) is 47.4 Å². The maximum absolute atomic E-state index is 12.8. The molecule has 0 spiro atoms. The summed E-state index contributed by atoms with van der Waals surface area (Å²) in [6.45, 7) is 3.17. The van der Waals surface area contributed by atoms with Gasteiger partial charge in [-0.25, -0.2) is 4.98 Å². The van der Waals surface area contributed by atoms with Crippen LogP contribution in [0, 0.1) is 5.92 Å². The molecule has 0 unspecified atom stereocenters. The van der Waals surface area contributed by atoms with Gasteiger partial charge >= 0.3 is 0 Å². The Bertz CT molecular complexity index is 787. The number of benzene rings is 1. The first-order valence-corrected chi connectivity index (χ1v) is 10.5. The Morgan fingerprint density at radius 2 is 2.00 bits per heavy atom. The van der Waals surface area contributed by atoms with Crippen LogP contribution in [0.4, 0.5) is 0 Å². The highest BCUT2D eigenvalue weighted by atomic mass is 35.5. The second kappa shape index (κ2) is 7.67. The average Bonchev–Trinajstić information content (AvgIpc) is 3.24. The van der Waals surface area contributed by atoms with Gasteiger partial charge in [-0.05, 0) is 38.4 Å². The average molecular weight is 390 g/mol. The molecule has 2 aromatic rings. The van der Waals surface area contributed by atoms with Gasteiger partial charge in [-0.1, -0.05) is 36.2 Å². The Morgan fingerprint density at radius 1 is 1.23 bits per heavy atom. The van der Waals surface area contributed by atoms with Gasteiger partial charge in [0.05, 0.1) is 17.0 Å². The van der Waals surface area contributed by atoms with E-state index in [0.717, 1.165) is 41.5 Å². The molecule has 138 valence electrons. The van der Waals surface area contributed by atoms with Crippen molar-refractivity contribution < 1.29 is 4.79 Å². The SMILES string of the molecule is CN1C(=O)[C@H](CN2CCCCC2)C[C@@H]1c1cnc(-c2ccccc2Cl)s1. The Kier molecular flexibility index (Phi) is 5.30. The van der Waals surface area contributed by atoms with Crippen LogP contribution in [0.15, 0.2) is 30.5 Å². The van der Waals surface area contributed by atoms with E-state index in [1.54, 1.807) is 11.3 Å². The molecule has 1 aromatic heterocycles. The number of aromatic nitrogens is 1. The van der Waals surface area contributed by atoms with Crippen LogP contribution in [0.3, 0.4) is 0 Å². The van der Waals surface area contributed by atoms with E-state index in [0.29, 0.717) is 5.02 Å². The molecule has 1 amide bonds. The predicted octanol–water partition coefficient (Wildman–Crippen LogP) is 4.47. The number of halogens is 1. The molecule has 2 atom stereocenters. The highest BCUT2D eigenvalue weighted by molar-refractivity contribution is 7.15. The summed E-state index contributed by atoms with van der Waals surface area (Å²) < 4.78 is 0. The first-order valence-electron chi connectivity index (χ1n) is 9.33. The highest BCUT2D eigenvalue weighted by Crippen LogP contribution is 2.41. The van der Waals surface area contributed by atoms with E-state index < -0.39 is 0 Å². The number of rotatable bonds is 4. The fourth-order valence-corrected chi connectivity index (χ4v) is 5.48. The molecule has 0 bridgehead atoms. The fourth-order valence-electron chi connectivity index (χ4n) is 4.08. The lowest BCUT2D eigenvalue weighted by atomic mass is 10.0. The standard InChI is InChI=1S/C20H24ClN3OS/c1-23-17(11-14(20(23)25)13-24-9-5-2-6-10-24)18-12-22-19(26-18)15-7-3-4-8-16(15)21/h3-4,7-8,12,14,17H,2,5-6,9-11,13H2,1H3/t14-,17+/m0/s1. The van der Waals surface area contributed by atoms with Crippen LogP contribution in [0.2, 0.25) is 5.02 Å². The quantitative estimate of drug-likeness (QED) is 0.774. The molecule has 0 saturated carbocycles. The van der Waals surface area contributed by atoms with Crippen LogP contribution >= 0.6 is 22.9 Å². The van der Waals surface area contributed by atoms with Gasteiger partial charge in [0.2, 0.25) is 5.91 Å². The molecule has 1 aromatic carbocycles. The number of thiazole rings is 1. The van der Waals surface area contributed by atoms with Crippen molar-refractivity contribution in [3.05, 3.63) is 40.4 Å². The van der Waals surface area contributed by atoms with Crippen molar-refractivity contribution in [2.75, 3.05) is 26.7 Å². The third-order valence-electron chi connectivity index (χ3n) is 5.56. The number of likely N-dealkylation sites (tertiary alicyclic amines) is 2. The Morgan fingerprint density at radius 3 is 2.77 bits per heavy atom. The molecule has 2 saturated heterocycles. The summed E-state index contributed by atoms with van der Waals surface area (Å²) in [6.07, 6.45) is 6.65.